The second kappa shape index (κ2) is 6.56. The van der Waals surface area contributed by atoms with Crippen molar-refractivity contribution in [2.75, 3.05) is 7.11 Å². The Bertz CT molecular complexity index is 849. The predicted molar refractivity (Wildman–Crippen MR) is 88.9 cm³/mol. The Labute approximate surface area is 142 Å². The maximum Gasteiger partial charge on any atom is 0.340 e. The highest BCUT2D eigenvalue weighted by Crippen LogP contribution is 2.28. The summed E-state index contributed by atoms with van der Waals surface area (Å²) >= 11 is 12.7. The predicted octanol–water partition coefficient (Wildman–Crippen LogP) is 3.85. The molecule has 0 fully saturated rings. The van der Waals surface area contributed by atoms with Gasteiger partial charge >= 0.3 is 5.97 Å². The third-order valence-corrected chi connectivity index (χ3v) is 4.30. The van der Waals surface area contributed by atoms with Gasteiger partial charge in [-0.2, -0.15) is 5.10 Å². The number of pyridine rings is 1. The number of hydrogen-bond acceptors (Lipinski definition) is 4. The fourth-order valence-corrected chi connectivity index (χ4v) is 2.84. The van der Waals surface area contributed by atoms with Crippen LogP contribution >= 0.6 is 23.2 Å². The monoisotopic (exact) mass is 349 g/mol. The average Bonchev–Trinajstić information content (AvgIpc) is 2.99. The molecule has 2 aromatic heterocycles. The van der Waals surface area contributed by atoms with Crippen LogP contribution in [-0.4, -0.2) is 27.8 Å². The summed E-state index contributed by atoms with van der Waals surface area (Å²) < 4.78 is 6.36. The van der Waals surface area contributed by atoms with Crippen LogP contribution < -0.4 is 0 Å². The molecule has 1 aromatic carbocycles. The molecule has 1 atom stereocenters. The van der Waals surface area contributed by atoms with Crippen molar-refractivity contribution in [2.24, 2.45) is 0 Å². The summed E-state index contributed by atoms with van der Waals surface area (Å²) in [6, 6.07) is 9.72. The first-order valence-corrected chi connectivity index (χ1v) is 7.70. The molecule has 5 nitrogen and oxygen atoms in total. The Hall–Kier alpha value is -2.11. The number of carbonyl (C=O) groups excluding carboxylic acids is 1. The molecule has 0 bridgehead atoms. The molecule has 0 saturated carbocycles. The maximum absolute atomic E-state index is 11.7. The van der Waals surface area contributed by atoms with Gasteiger partial charge in [-0.1, -0.05) is 41.9 Å². The Kier molecular flexibility index (Phi) is 4.50. The highest BCUT2D eigenvalue weighted by atomic mass is 35.5. The molecule has 0 aliphatic carbocycles. The van der Waals surface area contributed by atoms with E-state index in [2.05, 4.69) is 14.8 Å². The minimum absolute atomic E-state index is 0.215. The van der Waals surface area contributed by atoms with Crippen molar-refractivity contribution in [3.05, 3.63) is 58.9 Å². The third-order valence-electron chi connectivity index (χ3n) is 3.50. The number of benzene rings is 1. The Morgan fingerprint density at radius 1 is 1.30 bits per heavy atom. The third kappa shape index (κ3) is 3.02. The highest BCUT2D eigenvalue weighted by Gasteiger charge is 2.18. The number of ether oxygens (including phenoxy) is 1. The first-order valence-electron chi connectivity index (χ1n) is 6.89. The van der Waals surface area contributed by atoms with E-state index in [-0.39, 0.29) is 16.0 Å². The summed E-state index contributed by atoms with van der Waals surface area (Å²) in [7, 11) is 1.30. The Balaban J connectivity index is 1.94. The van der Waals surface area contributed by atoms with E-state index in [4.69, 9.17) is 23.2 Å². The lowest BCUT2D eigenvalue weighted by atomic mass is 10.1. The number of esters is 1. The molecule has 1 unspecified atom stereocenters. The summed E-state index contributed by atoms with van der Waals surface area (Å²) in [5.74, 6) is -0.531. The molecule has 7 heteroatoms. The van der Waals surface area contributed by atoms with E-state index >= 15 is 0 Å². The molecule has 0 N–H and O–H groups in total. The van der Waals surface area contributed by atoms with Crippen LogP contribution in [-0.2, 0) is 11.3 Å². The van der Waals surface area contributed by atoms with E-state index in [1.807, 2.05) is 30.3 Å². The van der Waals surface area contributed by atoms with Crippen LogP contribution in [0.1, 0.15) is 21.3 Å². The number of alkyl halides is 1. The van der Waals surface area contributed by atoms with Crippen LogP contribution in [0.25, 0.3) is 11.0 Å². The van der Waals surface area contributed by atoms with Gasteiger partial charge in [0.05, 0.1) is 41.2 Å². The van der Waals surface area contributed by atoms with Gasteiger partial charge in [0.2, 0.25) is 0 Å². The summed E-state index contributed by atoms with van der Waals surface area (Å²) in [5, 5.41) is 4.90. The van der Waals surface area contributed by atoms with Crippen molar-refractivity contribution < 1.29 is 9.53 Å². The first-order chi connectivity index (χ1) is 11.1. The van der Waals surface area contributed by atoms with Gasteiger partial charge in [0.1, 0.15) is 0 Å². The second-order valence-corrected chi connectivity index (χ2v) is 5.82. The number of nitrogens with zero attached hydrogens (tertiary/aromatic N) is 3. The van der Waals surface area contributed by atoms with Crippen LogP contribution in [0.4, 0.5) is 0 Å². The van der Waals surface area contributed by atoms with Gasteiger partial charge in [-0.3, -0.25) is 0 Å². The largest absolute Gasteiger partial charge is 0.465 e. The number of methoxy groups -OCH3 is 1. The van der Waals surface area contributed by atoms with Gasteiger partial charge in [-0.05, 0) is 5.56 Å². The lowest BCUT2D eigenvalue weighted by Crippen LogP contribution is -2.08. The number of carbonyl (C=O) groups is 1. The van der Waals surface area contributed by atoms with Crippen LogP contribution in [0.2, 0.25) is 5.02 Å². The van der Waals surface area contributed by atoms with E-state index in [0.29, 0.717) is 17.6 Å². The average molecular weight is 350 g/mol. The van der Waals surface area contributed by atoms with Crippen molar-refractivity contribution in [2.45, 2.75) is 11.9 Å². The fourth-order valence-electron chi connectivity index (χ4n) is 2.30. The normalized spacial score (nSPS) is 12.3. The van der Waals surface area contributed by atoms with Gasteiger partial charge in [0.25, 0.3) is 0 Å². The van der Waals surface area contributed by atoms with E-state index in [1.54, 1.807) is 10.9 Å². The zero-order valence-corrected chi connectivity index (χ0v) is 13.8. The topological polar surface area (TPSA) is 57.0 Å². The minimum atomic E-state index is -0.531. The summed E-state index contributed by atoms with van der Waals surface area (Å²) in [6.07, 6.45) is 2.96. The van der Waals surface area contributed by atoms with Crippen molar-refractivity contribution in [3.63, 3.8) is 0 Å². The van der Waals surface area contributed by atoms with Gasteiger partial charge in [0.15, 0.2) is 5.65 Å². The van der Waals surface area contributed by atoms with Gasteiger partial charge in [-0.15, -0.1) is 11.6 Å². The van der Waals surface area contributed by atoms with E-state index in [1.165, 1.54) is 13.3 Å². The number of halogens is 2. The maximum atomic E-state index is 11.7. The summed E-state index contributed by atoms with van der Waals surface area (Å²) in [6.45, 7) is 0.440. The van der Waals surface area contributed by atoms with Crippen molar-refractivity contribution >= 4 is 40.2 Å². The minimum Gasteiger partial charge on any atom is -0.465 e. The molecule has 0 spiro atoms. The highest BCUT2D eigenvalue weighted by molar-refractivity contribution is 6.38. The van der Waals surface area contributed by atoms with Gasteiger partial charge in [-0.25, -0.2) is 14.5 Å². The molecule has 3 rings (SSSR count). The smallest absolute Gasteiger partial charge is 0.340 e. The van der Waals surface area contributed by atoms with E-state index < -0.39 is 5.97 Å². The molecule has 0 radical (unpaired) electrons. The van der Waals surface area contributed by atoms with Crippen molar-refractivity contribution in [1.29, 1.82) is 0 Å². The van der Waals surface area contributed by atoms with Crippen molar-refractivity contribution in [1.82, 2.24) is 14.8 Å². The molecule has 3 aromatic rings. The quantitative estimate of drug-likeness (QED) is 0.530. The lowest BCUT2D eigenvalue weighted by Gasteiger charge is -2.10. The van der Waals surface area contributed by atoms with Crippen LogP contribution in [0.3, 0.4) is 0 Å². The Morgan fingerprint density at radius 2 is 2.04 bits per heavy atom. The Morgan fingerprint density at radius 3 is 2.74 bits per heavy atom. The molecule has 118 valence electrons. The number of hydrogen-bond donors (Lipinski definition) is 0. The number of rotatable bonds is 4. The van der Waals surface area contributed by atoms with Crippen molar-refractivity contribution in [3.8, 4) is 0 Å². The zero-order chi connectivity index (χ0) is 16.4. The fraction of sp³-hybridized carbons (Fsp3) is 0.188. The molecule has 0 saturated heterocycles. The van der Waals surface area contributed by atoms with Crippen LogP contribution in [0.15, 0.2) is 42.7 Å². The zero-order valence-electron chi connectivity index (χ0n) is 12.2. The molecular weight excluding hydrogens is 337 g/mol. The van der Waals surface area contributed by atoms with Crippen LogP contribution in [0, 0.1) is 0 Å². The molecule has 0 amide bonds. The van der Waals surface area contributed by atoms with E-state index in [9.17, 15) is 4.79 Å². The molecule has 0 aliphatic heterocycles. The SMILES string of the molecule is COC(=O)c1cnc2c(cnn2CC(Cl)c2ccccc2)c1Cl. The van der Waals surface area contributed by atoms with Crippen LogP contribution in [0.5, 0.6) is 0 Å². The summed E-state index contributed by atoms with van der Waals surface area (Å²) in [4.78, 5) is 15.9. The molecule has 23 heavy (non-hydrogen) atoms. The molecule has 2 heterocycles. The standard InChI is InChI=1S/C16H13Cl2N3O2/c1-23-16(22)12-7-19-15-11(14(12)18)8-20-21(15)9-13(17)10-5-3-2-4-6-10/h2-8,13H,9H2,1H3. The molecular formula is C16H13Cl2N3O2. The number of fused-ring (bicyclic) bond motifs is 1. The van der Waals surface area contributed by atoms with Gasteiger partial charge in [0, 0.05) is 6.20 Å². The lowest BCUT2D eigenvalue weighted by molar-refractivity contribution is 0.0600. The number of aromatic nitrogens is 3. The van der Waals surface area contributed by atoms with Gasteiger partial charge < -0.3 is 4.74 Å². The molecule has 0 aliphatic rings. The van der Waals surface area contributed by atoms with E-state index in [0.717, 1.165) is 5.56 Å². The second-order valence-electron chi connectivity index (χ2n) is 4.92. The summed E-state index contributed by atoms with van der Waals surface area (Å²) in [5.41, 5.74) is 1.78. The first kappa shape index (κ1) is 15.8.